The molecule has 0 aliphatic heterocycles. The maximum absolute atomic E-state index is 12.1. The monoisotopic (exact) mass is 306 g/mol. The molecule has 114 valence electrons. The first kappa shape index (κ1) is 17.4. The van der Waals surface area contributed by atoms with Crippen LogP contribution in [-0.4, -0.2) is 24.3 Å². The van der Waals surface area contributed by atoms with Gasteiger partial charge in [-0.25, -0.2) is 0 Å². The molecule has 1 rings (SSSR count). The summed E-state index contributed by atoms with van der Waals surface area (Å²) in [5.41, 5.74) is 0. The molecule has 0 radical (unpaired) electrons. The standard InChI is InChI=1S/C16H22N2O2S/c1-11(2)9-13(10-17)18-16(19)12(3)21-15-7-5-14(20-4)6-8-15/h5-8,11-13H,9H2,1-4H3,(H,18,19)/t12-,13-/m0/s1. The van der Waals surface area contributed by atoms with E-state index in [2.05, 4.69) is 11.4 Å². The van der Waals surface area contributed by atoms with Gasteiger partial charge in [-0.2, -0.15) is 5.26 Å². The molecule has 21 heavy (non-hydrogen) atoms. The molecular formula is C16H22N2O2S. The van der Waals surface area contributed by atoms with Gasteiger partial charge in [-0.3, -0.25) is 4.79 Å². The van der Waals surface area contributed by atoms with E-state index in [0.717, 1.165) is 10.6 Å². The quantitative estimate of drug-likeness (QED) is 0.786. The van der Waals surface area contributed by atoms with Crippen molar-refractivity contribution in [3.63, 3.8) is 0 Å². The number of carbonyl (C=O) groups is 1. The number of hydrogen-bond donors (Lipinski definition) is 1. The topological polar surface area (TPSA) is 62.1 Å². The molecule has 0 saturated carbocycles. The highest BCUT2D eigenvalue weighted by Crippen LogP contribution is 2.25. The lowest BCUT2D eigenvalue weighted by molar-refractivity contribution is -0.120. The molecule has 0 fully saturated rings. The van der Waals surface area contributed by atoms with Crippen LogP contribution in [0.25, 0.3) is 0 Å². The third kappa shape index (κ3) is 6.09. The normalized spacial score (nSPS) is 13.3. The van der Waals surface area contributed by atoms with E-state index in [1.807, 2.05) is 45.0 Å². The Morgan fingerprint density at radius 1 is 1.33 bits per heavy atom. The second kappa shape index (κ2) is 8.58. The van der Waals surface area contributed by atoms with Crippen LogP contribution in [0.5, 0.6) is 5.75 Å². The number of hydrogen-bond acceptors (Lipinski definition) is 4. The lowest BCUT2D eigenvalue weighted by atomic mass is 10.0. The van der Waals surface area contributed by atoms with Crippen molar-refractivity contribution in [1.82, 2.24) is 5.32 Å². The summed E-state index contributed by atoms with van der Waals surface area (Å²) < 4.78 is 5.10. The van der Waals surface area contributed by atoms with Crippen LogP contribution in [0.1, 0.15) is 27.2 Å². The summed E-state index contributed by atoms with van der Waals surface area (Å²) in [5, 5.41) is 11.6. The van der Waals surface area contributed by atoms with Crippen molar-refractivity contribution in [2.45, 2.75) is 43.4 Å². The van der Waals surface area contributed by atoms with E-state index < -0.39 is 6.04 Å². The predicted molar refractivity (Wildman–Crippen MR) is 85.3 cm³/mol. The van der Waals surface area contributed by atoms with Crippen molar-refractivity contribution in [3.8, 4) is 11.8 Å². The summed E-state index contributed by atoms with van der Waals surface area (Å²) in [7, 11) is 1.62. The van der Waals surface area contributed by atoms with Gasteiger partial charge in [0.25, 0.3) is 0 Å². The summed E-state index contributed by atoms with van der Waals surface area (Å²) in [6.45, 7) is 5.91. The van der Waals surface area contributed by atoms with Crippen LogP contribution in [0.15, 0.2) is 29.2 Å². The lowest BCUT2D eigenvalue weighted by Crippen LogP contribution is -2.39. The van der Waals surface area contributed by atoms with Gasteiger partial charge in [0.15, 0.2) is 0 Å². The third-order valence-corrected chi connectivity index (χ3v) is 4.03. The number of nitriles is 1. The molecule has 0 bridgehead atoms. The summed E-state index contributed by atoms with van der Waals surface area (Å²) in [6, 6.07) is 9.29. The molecule has 1 aromatic rings. The summed E-state index contributed by atoms with van der Waals surface area (Å²) in [6.07, 6.45) is 0.669. The number of nitrogens with zero attached hydrogens (tertiary/aromatic N) is 1. The van der Waals surface area contributed by atoms with Crippen molar-refractivity contribution in [1.29, 1.82) is 5.26 Å². The Hall–Kier alpha value is -1.67. The first-order valence-electron chi connectivity index (χ1n) is 6.97. The molecule has 0 aromatic heterocycles. The number of amides is 1. The van der Waals surface area contributed by atoms with Crippen molar-refractivity contribution in [3.05, 3.63) is 24.3 Å². The molecule has 0 spiro atoms. The Bertz CT molecular complexity index is 494. The number of ether oxygens (including phenoxy) is 1. The molecular weight excluding hydrogens is 284 g/mol. The molecule has 0 aliphatic rings. The van der Waals surface area contributed by atoms with Gasteiger partial charge < -0.3 is 10.1 Å². The van der Waals surface area contributed by atoms with Gasteiger partial charge in [-0.05, 0) is 43.5 Å². The molecule has 1 N–H and O–H groups in total. The molecule has 0 heterocycles. The zero-order chi connectivity index (χ0) is 15.8. The van der Waals surface area contributed by atoms with E-state index in [-0.39, 0.29) is 11.2 Å². The van der Waals surface area contributed by atoms with Crippen molar-refractivity contribution >= 4 is 17.7 Å². The SMILES string of the molecule is COc1ccc(S[C@@H](C)C(=O)N[C@H](C#N)CC(C)C)cc1. The largest absolute Gasteiger partial charge is 0.497 e. The molecule has 0 aliphatic carbocycles. The highest BCUT2D eigenvalue weighted by molar-refractivity contribution is 8.00. The third-order valence-electron chi connectivity index (χ3n) is 2.92. The van der Waals surface area contributed by atoms with Crippen molar-refractivity contribution in [2.75, 3.05) is 7.11 Å². The Balaban J connectivity index is 2.55. The number of carbonyl (C=O) groups excluding carboxylic acids is 1. The van der Waals surface area contributed by atoms with Gasteiger partial charge in [-0.15, -0.1) is 11.8 Å². The number of nitrogens with one attached hydrogen (secondary N) is 1. The Morgan fingerprint density at radius 3 is 2.43 bits per heavy atom. The Morgan fingerprint density at radius 2 is 1.95 bits per heavy atom. The zero-order valence-corrected chi connectivity index (χ0v) is 13.7. The summed E-state index contributed by atoms with van der Waals surface area (Å²) in [5.74, 6) is 1.06. The molecule has 4 nitrogen and oxygen atoms in total. The van der Waals surface area contributed by atoms with Crippen LogP contribution in [0.2, 0.25) is 0 Å². The van der Waals surface area contributed by atoms with Crippen molar-refractivity contribution < 1.29 is 9.53 Å². The summed E-state index contributed by atoms with van der Waals surface area (Å²) >= 11 is 1.47. The van der Waals surface area contributed by atoms with Crippen LogP contribution in [0.4, 0.5) is 0 Å². The lowest BCUT2D eigenvalue weighted by Gasteiger charge is -2.17. The van der Waals surface area contributed by atoms with Gasteiger partial charge >= 0.3 is 0 Å². The maximum atomic E-state index is 12.1. The fourth-order valence-electron chi connectivity index (χ4n) is 1.82. The minimum atomic E-state index is -0.420. The molecule has 1 amide bonds. The molecule has 5 heteroatoms. The number of methoxy groups -OCH3 is 1. The summed E-state index contributed by atoms with van der Waals surface area (Å²) in [4.78, 5) is 13.1. The van der Waals surface area contributed by atoms with Crippen LogP contribution < -0.4 is 10.1 Å². The number of benzene rings is 1. The first-order chi connectivity index (χ1) is 9.96. The van der Waals surface area contributed by atoms with E-state index in [9.17, 15) is 4.79 Å². The van der Waals surface area contributed by atoms with Gasteiger partial charge in [0.2, 0.25) is 5.91 Å². The fraction of sp³-hybridized carbons (Fsp3) is 0.500. The van der Waals surface area contributed by atoms with E-state index in [1.165, 1.54) is 11.8 Å². The molecule has 1 aromatic carbocycles. The van der Waals surface area contributed by atoms with Crippen molar-refractivity contribution in [2.24, 2.45) is 5.92 Å². The molecule has 0 unspecified atom stereocenters. The number of thioether (sulfide) groups is 1. The van der Waals surface area contributed by atoms with Crippen LogP contribution >= 0.6 is 11.8 Å². The molecule has 0 saturated heterocycles. The van der Waals surface area contributed by atoms with Crippen LogP contribution in [0, 0.1) is 17.2 Å². The molecule has 2 atom stereocenters. The predicted octanol–water partition coefficient (Wildman–Crippen LogP) is 3.23. The minimum absolute atomic E-state index is 0.108. The second-order valence-electron chi connectivity index (χ2n) is 5.26. The van der Waals surface area contributed by atoms with E-state index in [4.69, 9.17) is 10.00 Å². The first-order valence-corrected chi connectivity index (χ1v) is 7.85. The average Bonchev–Trinajstić information content (AvgIpc) is 2.46. The smallest absolute Gasteiger partial charge is 0.234 e. The maximum Gasteiger partial charge on any atom is 0.234 e. The van der Waals surface area contributed by atoms with E-state index >= 15 is 0 Å². The van der Waals surface area contributed by atoms with Gasteiger partial charge in [0.05, 0.1) is 18.4 Å². The minimum Gasteiger partial charge on any atom is -0.497 e. The fourth-order valence-corrected chi connectivity index (χ4v) is 2.69. The van der Waals surface area contributed by atoms with Gasteiger partial charge in [0.1, 0.15) is 11.8 Å². The second-order valence-corrected chi connectivity index (χ2v) is 6.67. The van der Waals surface area contributed by atoms with Gasteiger partial charge in [0, 0.05) is 4.90 Å². The van der Waals surface area contributed by atoms with E-state index in [1.54, 1.807) is 7.11 Å². The van der Waals surface area contributed by atoms with Gasteiger partial charge in [-0.1, -0.05) is 13.8 Å². The number of rotatable bonds is 7. The van der Waals surface area contributed by atoms with E-state index in [0.29, 0.717) is 12.3 Å². The average molecular weight is 306 g/mol. The highest BCUT2D eigenvalue weighted by Gasteiger charge is 2.19. The highest BCUT2D eigenvalue weighted by atomic mass is 32.2. The Kier molecular flexibility index (Phi) is 7.10. The Labute approximate surface area is 130 Å². The zero-order valence-electron chi connectivity index (χ0n) is 12.9. The van der Waals surface area contributed by atoms with Crippen LogP contribution in [0.3, 0.4) is 0 Å². The van der Waals surface area contributed by atoms with Crippen LogP contribution in [-0.2, 0) is 4.79 Å².